The molecule has 1 rings (SSSR count). The first kappa shape index (κ1) is 15.7. The average molecular weight is 283 g/mol. The van der Waals surface area contributed by atoms with Gasteiger partial charge in [-0.2, -0.15) is 0 Å². The number of amides is 1. The van der Waals surface area contributed by atoms with Crippen LogP contribution >= 0.6 is 11.3 Å². The Hall–Kier alpha value is -1.36. The van der Waals surface area contributed by atoms with Crippen LogP contribution < -0.4 is 0 Å². The maximum absolute atomic E-state index is 11.9. The number of hydrogen-bond acceptors (Lipinski definition) is 4. The Labute approximate surface area is 118 Å². The molecule has 0 spiro atoms. The van der Waals surface area contributed by atoms with Crippen molar-refractivity contribution in [2.75, 3.05) is 20.2 Å². The summed E-state index contributed by atoms with van der Waals surface area (Å²) in [5.41, 5.74) is 0. The molecule has 0 aromatic carbocycles. The van der Waals surface area contributed by atoms with E-state index in [1.165, 1.54) is 16.2 Å². The summed E-state index contributed by atoms with van der Waals surface area (Å²) < 4.78 is 5.10. The van der Waals surface area contributed by atoms with E-state index in [2.05, 4.69) is 6.92 Å². The van der Waals surface area contributed by atoms with Crippen LogP contribution in [-0.2, 0) is 9.53 Å². The maximum atomic E-state index is 11.9. The topological polar surface area (TPSA) is 46.6 Å². The minimum Gasteiger partial charge on any atom is -0.464 e. The highest BCUT2D eigenvalue weighted by Crippen LogP contribution is 2.11. The lowest BCUT2D eigenvalue weighted by atomic mass is 10.2. The summed E-state index contributed by atoms with van der Waals surface area (Å²) in [6.07, 6.45) is 4.29. The van der Waals surface area contributed by atoms with Crippen LogP contribution in [0.2, 0.25) is 0 Å². The molecule has 5 heteroatoms. The fourth-order valence-electron chi connectivity index (χ4n) is 1.61. The predicted octanol–water partition coefficient (Wildman–Crippen LogP) is 2.94. The van der Waals surface area contributed by atoms with Crippen molar-refractivity contribution < 1.29 is 14.3 Å². The fourth-order valence-corrected chi connectivity index (χ4v) is 2.33. The van der Waals surface area contributed by atoms with E-state index in [1.807, 2.05) is 11.4 Å². The number of nitrogens with zero attached hydrogens (tertiary/aromatic N) is 1. The number of thiophene rings is 1. The lowest BCUT2D eigenvalue weighted by Gasteiger charge is -2.15. The van der Waals surface area contributed by atoms with Gasteiger partial charge in [-0.25, -0.2) is 0 Å². The van der Waals surface area contributed by atoms with Crippen molar-refractivity contribution in [3.05, 3.63) is 22.4 Å². The first-order valence-corrected chi connectivity index (χ1v) is 7.47. The van der Waals surface area contributed by atoms with E-state index >= 15 is 0 Å². The molecule has 0 aliphatic heterocycles. The van der Waals surface area contributed by atoms with Crippen LogP contribution in [0.5, 0.6) is 0 Å². The van der Waals surface area contributed by atoms with Crippen LogP contribution in [0.25, 0.3) is 0 Å². The third-order valence-electron chi connectivity index (χ3n) is 2.71. The van der Waals surface area contributed by atoms with E-state index in [4.69, 9.17) is 4.74 Å². The summed E-state index contributed by atoms with van der Waals surface area (Å²) in [6.45, 7) is 2.58. The number of rotatable bonds is 8. The Morgan fingerprint density at radius 2 is 2.11 bits per heavy atom. The zero-order valence-corrected chi connectivity index (χ0v) is 12.4. The Kier molecular flexibility index (Phi) is 7.18. The Morgan fingerprint density at radius 1 is 1.32 bits per heavy atom. The smallest absolute Gasteiger partial charge is 0.325 e. The molecule has 1 amide bonds. The van der Waals surface area contributed by atoms with Crippen LogP contribution in [-0.4, -0.2) is 37.0 Å². The number of likely N-dealkylation sites (N-methyl/N-ethyl adjacent to an activating group) is 1. The molecule has 106 valence electrons. The molecule has 0 fully saturated rings. The van der Waals surface area contributed by atoms with Crippen molar-refractivity contribution in [3.63, 3.8) is 0 Å². The minimum atomic E-state index is -0.344. The molecular formula is C14H21NO3S. The largest absolute Gasteiger partial charge is 0.464 e. The molecule has 0 atom stereocenters. The zero-order valence-electron chi connectivity index (χ0n) is 11.6. The second-order valence-electron chi connectivity index (χ2n) is 4.42. The van der Waals surface area contributed by atoms with Crippen LogP contribution in [0, 0.1) is 0 Å². The van der Waals surface area contributed by atoms with Gasteiger partial charge in [0.15, 0.2) is 0 Å². The molecule has 0 radical (unpaired) electrons. The number of carbonyl (C=O) groups is 2. The van der Waals surface area contributed by atoms with Crippen molar-refractivity contribution >= 4 is 23.2 Å². The second-order valence-corrected chi connectivity index (χ2v) is 5.37. The third-order valence-corrected chi connectivity index (χ3v) is 3.56. The molecule has 19 heavy (non-hydrogen) atoms. The molecule has 0 unspecified atom stereocenters. The van der Waals surface area contributed by atoms with Crippen LogP contribution in [0.4, 0.5) is 0 Å². The van der Waals surface area contributed by atoms with Gasteiger partial charge in [-0.1, -0.05) is 32.3 Å². The molecule has 0 aliphatic rings. The Balaban J connectivity index is 2.22. The lowest BCUT2D eigenvalue weighted by molar-refractivity contribution is -0.144. The van der Waals surface area contributed by atoms with Crippen LogP contribution in [0.1, 0.15) is 42.3 Å². The number of ether oxygens (including phenoxy) is 1. The minimum absolute atomic E-state index is 0.00448. The van der Waals surface area contributed by atoms with E-state index in [9.17, 15) is 9.59 Å². The zero-order chi connectivity index (χ0) is 14.1. The van der Waals surface area contributed by atoms with E-state index in [1.54, 1.807) is 13.1 Å². The van der Waals surface area contributed by atoms with E-state index < -0.39 is 0 Å². The molecule has 0 saturated heterocycles. The number of carbonyl (C=O) groups excluding carboxylic acids is 2. The molecule has 0 aliphatic carbocycles. The maximum Gasteiger partial charge on any atom is 0.325 e. The SMILES string of the molecule is CCCCCCOC(=O)CN(C)C(=O)c1cccs1. The standard InChI is InChI=1S/C14H21NO3S/c1-3-4-5-6-9-18-13(16)11-15(2)14(17)12-8-7-10-19-12/h7-8,10H,3-6,9,11H2,1-2H3. The van der Waals surface area contributed by atoms with Crippen molar-refractivity contribution in [2.24, 2.45) is 0 Å². The summed E-state index contributed by atoms with van der Waals surface area (Å²) in [7, 11) is 1.61. The van der Waals surface area contributed by atoms with Crippen LogP contribution in [0.15, 0.2) is 17.5 Å². The summed E-state index contributed by atoms with van der Waals surface area (Å²) in [5, 5.41) is 1.84. The summed E-state index contributed by atoms with van der Waals surface area (Å²) >= 11 is 1.37. The monoisotopic (exact) mass is 283 g/mol. The van der Waals surface area contributed by atoms with Crippen molar-refractivity contribution in [1.82, 2.24) is 4.90 Å². The van der Waals surface area contributed by atoms with E-state index in [0.717, 1.165) is 25.7 Å². The van der Waals surface area contributed by atoms with Crippen molar-refractivity contribution in [1.29, 1.82) is 0 Å². The predicted molar refractivity (Wildman–Crippen MR) is 76.4 cm³/mol. The highest BCUT2D eigenvalue weighted by atomic mass is 32.1. The normalized spacial score (nSPS) is 10.2. The molecule has 1 aromatic heterocycles. The number of unbranched alkanes of at least 4 members (excludes halogenated alkanes) is 3. The highest BCUT2D eigenvalue weighted by Gasteiger charge is 2.16. The summed E-state index contributed by atoms with van der Waals surface area (Å²) in [6, 6.07) is 3.57. The Bertz CT molecular complexity index is 389. The average Bonchev–Trinajstić information content (AvgIpc) is 2.91. The molecule has 1 aromatic rings. The molecule has 0 N–H and O–H groups in total. The van der Waals surface area contributed by atoms with Gasteiger partial charge in [0.1, 0.15) is 6.54 Å². The van der Waals surface area contributed by atoms with E-state index in [-0.39, 0.29) is 18.4 Å². The second kappa shape index (κ2) is 8.69. The van der Waals surface area contributed by atoms with Gasteiger partial charge in [0.2, 0.25) is 0 Å². The van der Waals surface area contributed by atoms with Gasteiger partial charge in [-0.15, -0.1) is 11.3 Å². The summed E-state index contributed by atoms with van der Waals surface area (Å²) in [5.74, 6) is -0.484. The van der Waals surface area contributed by atoms with Gasteiger partial charge in [-0.05, 0) is 17.9 Å². The first-order chi connectivity index (χ1) is 9.15. The third kappa shape index (κ3) is 5.87. The fraction of sp³-hybridized carbons (Fsp3) is 0.571. The van der Waals surface area contributed by atoms with Gasteiger partial charge in [0.05, 0.1) is 11.5 Å². The number of hydrogen-bond donors (Lipinski definition) is 0. The van der Waals surface area contributed by atoms with Gasteiger partial charge < -0.3 is 9.64 Å². The number of esters is 1. The summed E-state index contributed by atoms with van der Waals surface area (Å²) in [4.78, 5) is 25.5. The molecule has 0 saturated carbocycles. The van der Waals surface area contributed by atoms with Gasteiger partial charge in [0.25, 0.3) is 5.91 Å². The van der Waals surface area contributed by atoms with Gasteiger partial charge >= 0.3 is 5.97 Å². The Morgan fingerprint density at radius 3 is 2.74 bits per heavy atom. The molecule has 4 nitrogen and oxygen atoms in total. The van der Waals surface area contributed by atoms with Crippen molar-refractivity contribution in [3.8, 4) is 0 Å². The van der Waals surface area contributed by atoms with E-state index in [0.29, 0.717) is 11.5 Å². The molecule has 0 bridgehead atoms. The quantitative estimate of drug-likeness (QED) is 0.544. The van der Waals surface area contributed by atoms with Gasteiger partial charge in [-0.3, -0.25) is 9.59 Å². The molecular weight excluding hydrogens is 262 g/mol. The highest BCUT2D eigenvalue weighted by molar-refractivity contribution is 7.12. The van der Waals surface area contributed by atoms with Gasteiger partial charge in [0, 0.05) is 7.05 Å². The van der Waals surface area contributed by atoms with Crippen molar-refractivity contribution in [2.45, 2.75) is 32.6 Å². The van der Waals surface area contributed by atoms with Crippen LogP contribution in [0.3, 0.4) is 0 Å². The first-order valence-electron chi connectivity index (χ1n) is 6.59. The lowest BCUT2D eigenvalue weighted by Crippen LogP contribution is -2.32. The molecule has 1 heterocycles.